The van der Waals surface area contributed by atoms with Crippen molar-refractivity contribution < 1.29 is 14.7 Å². The zero-order valence-corrected chi connectivity index (χ0v) is 11.3. The number of carboxylic acid groups (broad SMARTS) is 1. The summed E-state index contributed by atoms with van der Waals surface area (Å²) in [6, 6.07) is 7.63. The van der Waals surface area contributed by atoms with E-state index in [9.17, 15) is 9.59 Å². The Morgan fingerprint density at radius 1 is 1.42 bits per heavy atom. The van der Waals surface area contributed by atoms with Gasteiger partial charge in [0, 0.05) is 24.6 Å². The van der Waals surface area contributed by atoms with Crippen LogP contribution in [0.2, 0.25) is 0 Å². The summed E-state index contributed by atoms with van der Waals surface area (Å²) in [5, 5.41) is 8.96. The molecule has 1 aliphatic heterocycles. The summed E-state index contributed by atoms with van der Waals surface area (Å²) >= 11 is 0. The molecule has 1 heterocycles. The number of fused-ring (bicyclic) bond motifs is 1. The van der Waals surface area contributed by atoms with Crippen LogP contribution in [0.25, 0.3) is 0 Å². The molecule has 2 rings (SSSR count). The van der Waals surface area contributed by atoms with Crippen molar-refractivity contribution in [1.82, 2.24) is 0 Å². The third-order valence-electron chi connectivity index (χ3n) is 3.36. The van der Waals surface area contributed by atoms with Crippen LogP contribution < -0.4 is 4.90 Å². The Morgan fingerprint density at radius 3 is 2.74 bits per heavy atom. The van der Waals surface area contributed by atoms with E-state index < -0.39 is 5.97 Å². The molecule has 102 valence electrons. The van der Waals surface area contributed by atoms with Gasteiger partial charge in [-0.3, -0.25) is 9.59 Å². The van der Waals surface area contributed by atoms with Gasteiger partial charge in [-0.2, -0.15) is 0 Å². The predicted octanol–water partition coefficient (Wildman–Crippen LogP) is 2.64. The Hall–Kier alpha value is -1.84. The molecule has 1 amide bonds. The third kappa shape index (κ3) is 2.95. The number of carbonyl (C=O) groups is 2. The second-order valence-electron chi connectivity index (χ2n) is 5.46. The summed E-state index contributed by atoms with van der Waals surface area (Å²) in [6.07, 6.45) is 0.300. The van der Waals surface area contributed by atoms with Crippen LogP contribution in [-0.4, -0.2) is 23.5 Å². The topological polar surface area (TPSA) is 57.6 Å². The normalized spacial score (nSPS) is 18.6. The van der Waals surface area contributed by atoms with Gasteiger partial charge in [-0.05, 0) is 17.5 Å². The van der Waals surface area contributed by atoms with Gasteiger partial charge in [-0.25, -0.2) is 0 Å². The first kappa shape index (κ1) is 13.6. The molecule has 1 aromatic rings. The van der Waals surface area contributed by atoms with Crippen molar-refractivity contribution in [2.24, 2.45) is 5.92 Å². The highest BCUT2D eigenvalue weighted by Gasteiger charge is 2.32. The molecule has 1 N–H and O–H groups in total. The molecular weight excluding hydrogens is 242 g/mol. The van der Waals surface area contributed by atoms with Crippen LogP contribution in [0.15, 0.2) is 24.3 Å². The Balaban J connectivity index is 2.36. The Labute approximate surface area is 113 Å². The highest BCUT2D eigenvalue weighted by atomic mass is 16.4. The van der Waals surface area contributed by atoms with Crippen LogP contribution >= 0.6 is 0 Å². The van der Waals surface area contributed by atoms with Crippen molar-refractivity contribution >= 4 is 17.6 Å². The summed E-state index contributed by atoms with van der Waals surface area (Å²) in [5.74, 6) is -0.652. The number of aliphatic carboxylic acids is 1. The minimum absolute atomic E-state index is 0.0122. The summed E-state index contributed by atoms with van der Waals surface area (Å²) in [7, 11) is 0. The molecule has 4 nitrogen and oxygen atoms in total. The molecule has 19 heavy (non-hydrogen) atoms. The maximum Gasteiger partial charge on any atom is 0.303 e. The summed E-state index contributed by atoms with van der Waals surface area (Å²) in [4.78, 5) is 24.9. The van der Waals surface area contributed by atoms with Crippen LogP contribution in [0.1, 0.15) is 38.2 Å². The zero-order chi connectivity index (χ0) is 14.0. The number of hydrogen-bond acceptors (Lipinski definition) is 2. The van der Waals surface area contributed by atoms with Crippen molar-refractivity contribution in [3.05, 3.63) is 29.8 Å². The lowest BCUT2D eigenvalue weighted by molar-refractivity contribution is -0.137. The van der Waals surface area contributed by atoms with Gasteiger partial charge in [-0.15, -0.1) is 0 Å². The number of hydrogen-bond donors (Lipinski definition) is 1. The van der Waals surface area contributed by atoms with Gasteiger partial charge in [0.2, 0.25) is 5.91 Å². The van der Waals surface area contributed by atoms with Crippen molar-refractivity contribution in [3.8, 4) is 0 Å². The number of rotatable bonds is 4. The first-order chi connectivity index (χ1) is 8.99. The Kier molecular flexibility index (Phi) is 3.88. The Morgan fingerprint density at radius 2 is 2.11 bits per heavy atom. The fourth-order valence-corrected chi connectivity index (χ4v) is 2.60. The number of carboxylic acids is 1. The number of benzene rings is 1. The van der Waals surface area contributed by atoms with Crippen LogP contribution in [0.3, 0.4) is 0 Å². The van der Waals surface area contributed by atoms with Gasteiger partial charge in [-0.1, -0.05) is 32.0 Å². The predicted molar refractivity (Wildman–Crippen MR) is 73.2 cm³/mol. The molecular formula is C15H19NO3. The number of carbonyl (C=O) groups excluding carboxylic acids is 1. The zero-order valence-electron chi connectivity index (χ0n) is 11.3. The molecule has 4 heteroatoms. The maximum absolute atomic E-state index is 12.2. The monoisotopic (exact) mass is 261 g/mol. The number of nitrogens with zero attached hydrogens (tertiary/aromatic N) is 1. The molecule has 1 atom stereocenters. The minimum atomic E-state index is -0.857. The van der Waals surface area contributed by atoms with E-state index >= 15 is 0 Å². The third-order valence-corrected chi connectivity index (χ3v) is 3.36. The molecule has 0 aliphatic carbocycles. The van der Waals surface area contributed by atoms with Gasteiger partial charge in [0.25, 0.3) is 0 Å². The van der Waals surface area contributed by atoms with Crippen molar-refractivity contribution in [3.63, 3.8) is 0 Å². The van der Waals surface area contributed by atoms with E-state index in [4.69, 9.17) is 5.11 Å². The molecule has 0 fully saturated rings. The average molecular weight is 261 g/mol. The number of amides is 1. The van der Waals surface area contributed by atoms with E-state index in [1.807, 2.05) is 24.3 Å². The van der Waals surface area contributed by atoms with Gasteiger partial charge < -0.3 is 10.0 Å². The second kappa shape index (κ2) is 5.43. The van der Waals surface area contributed by atoms with Crippen LogP contribution in [-0.2, 0) is 9.59 Å². The van der Waals surface area contributed by atoms with E-state index in [0.717, 1.165) is 11.3 Å². The SMILES string of the molecule is CC(C)CN1C(=O)CC(CC(=O)O)c2ccccc21. The van der Waals surface area contributed by atoms with Gasteiger partial charge in [0.1, 0.15) is 0 Å². The van der Waals surface area contributed by atoms with Gasteiger partial charge in [0.15, 0.2) is 0 Å². The minimum Gasteiger partial charge on any atom is -0.481 e. The molecule has 0 aromatic heterocycles. The molecule has 0 spiro atoms. The molecule has 0 radical (unpaired) electrons. The number of para-hydroxylation sites is 1. The fraction of sp³-hybridized carbons (Fsp3) is 0.467. The lowest BCUT2D eigenvalue weighted by atomic mass is 9.86. The van der Waals surface area contributed by atoms with E-state index in [0.29, 0.717) is 12.5 Å². The van der Waals surface area contributed by atoms with Crippen LogP contribution in [0.5, 0.6) is 0 Å². The van der Waals surface area contributed by atoms with Crippen LogP contribution in [0.4, 0.5) is 5.69 Å². The molecule has 1 unspecified atom stereocenters. The molecule has 0 saturated heterocycles. The molecule has 0 saturated carbocycles. The standard InChI is InChI=1S/C15H19NO3/c1-10(2)9-16-13-6-4-3-5-12(13)11(7-14(16)17)8-15(18)19/h3-6,10-11H,7-9H2,1-2H3,(H,18,19). The lowest BCUT2D eigenvalue weighted by Crippen LogP contribution is -2.39. The van der Waals surface area contributed by atoms with Gasteiger partial charge in [0.05, 0.1) is 6.42 Å². The van der Waals surface area contributed by atoms with Crippen molar-refractivity contribution in [1.29, 1.82) is 0 Å². The van der Waals surface area contributed by atoms with E-state index in [2.05, 4.69) is 13.8 Å². The first-order valence-electron chi connectivity index (χ1n) is 6.60. The Bertz CT molecular complexity index is 496. The summed E-state index contributed by atoms with van der Waals surface area (Å²) in [5.41, 5.74) is 1.85. The van der Waals surface area contributed by atoms with Crippen molar-refractivity contribution in [2.45, 2.75) is 32.6 Å². The van der Waals surface area contributed by atoms with Crippen LogP contribution in [0, 0.1) is 5.92 Å². The van der Waals surface area contributed by atoms with E-state index in [1.165, 1.54) is 0 Å². The smallest absolute Gasteiger partial charge is 0.303 e. The average Bonchev–Trinajstić information content (AvgIpc) is 2.33. The van der Waals surface area contributed by atoms with E-state index in [-0.39, 0.29) is 24.7 Å². The summed E-state index contributed by atoms with van der Waals surface area (Å²) in [6.45, 7) is 4.81. The largest absolute Gasteiger partial charge is 0.481 e. The van der Waals surface area contributed by atoms with Crippen molar-refractivity contribution in [2.75, 3.05) is 11.4 Å². The number of anilines is 1. The molecule has 0 bridgehead atoms. The quantitative estimate of drug-likeness (QED) is 0.906. The van der Waals surface area contributed by atoms with E-state index in [1.54, 1.807) is 4.90 Å². The highest BCUT2D eigenvalue weighted by molar-refractivity contribution is 5.97. The maximum atomic E-state index is 12.2. The summed E-state index contributed by atoms with van der Waals surface area (Å²) < 4.78 is 0. The lowest BCUT2D eigenvalue weighted by Gasteiger charge is -2.34. The first-order valence-corrected chi connectivity index (χ1v) is 6.60. The highest BCUT2D eigenvalue weighted by Crippen LogP contribution is 2.37. The molecule has 1 aromatic carbocycles. The molecule has 1 aliphatic rings. The van der Waals surface area contributed by atoms with Gasteiger partial charge >= 0.3 is 5.97 Å². The second-order valence-corrected chi connectivity index (χ2v) is 5.46. The fourth-order valence-electron chi connectivity index (χ4n) is 2.60.